The van der Waals surface area contributed by atoms with Gasteiger partial charge in [-0.1, -0.05) is 0 Å². The van der Waals surface area contributed by atoms with Gasteiger partial charge in [0, 0.05) is 0 Å². The summed E-state index contributed by atoms with van der Waals surface area (Å²) in [7, 11) is 0. The molecule has 0 unspecified atom stereocenters. The number of carbonyl (C=O) groups excluding carboxylic acids is 1. The van der Waals surface area contributed by atoms with E-state index in [1.165, 1.54) is 0 Å². The summed E-state index contributed by atoms with van der Waals surface area (Å²) in [6, 6.07) is 0. The van der Waals surface area contributed by atoms with Crippen molar-refractivity contribution in [2.75, 3.05) is 6.61 Å². The normalized spacial score (nSPS) is 31.4. The van der Waals surface area contributed by atoms with Crippen molar-refractivity contribution in [3.8, 4) is 0 Å². The summed E-state index contributed by atoms with van der Waals surface area (Å²) in [6.07, 6.45) is 1.59. The lowest BCUT2D eigenvalue weighted by Crippen LogP contribution is -2.25. The topological polar surface area (TPSA) is 63.6 Å². The van der Waals surface area contributed by atoms with Crippen LogP contribution in [0.5, 0.6) is 0 Å². The number of hydrogen-bond donors (Lipinski definition) is 1. The molecule has 14 heavy (non-hydrogen) atoms. The summed E-state index contributed by atoms with van der Waals surface area (Å²) in [5.74, 6) is -1.29. The van der Waals surface area contributed by atoms with E-state index < -0.39 is 11.4 Å². The monoisotopic (exact) mass is 200 g/mol. The van der Waals surface area contributed by atoms with Crippen molar-refractivity contribution in [3.63, 3.8) is 0 Å². The molecule has 1 rings (SSSR count). The van der Waals surface area contributed by atoms with Gasteiger partial charge in [-0.05, 0) is 33.1 Å². The van der Waals surface area contributed by atoms with Gasteiger partial charge in [-0.15, -0.1) is 0 Å². The summed E-state index contributed by atoms with van der Waals surface area (Å²) in [6.45, 7) is 3.80. The van der Waals surface area contributed by atoms with Crippen LogP contribution in [0.15, 0.2) is 0 Å². The minimum Gasteiger partial charge on any atom is -0.481 e. The highest BCUT2D eigenvalue weighted by Gasteiger charge is 2.44. The van der Waals surface area contributed by atoms with Crippen molar-refractivity contribution in [2.45, 2.75) is 33.1 Å². The van der Waals surface area contributed by atoms with Gasteiger partial charge in [0.25, 0.3) is 0 Å². The Bertz CT molecular complexity index is 249. The average Bonchev–Trinajstić information content (AvgIpc) is 2.50. The Labute approximate surface area is 83.2 Å². The van der Waals surface area contributed by atoms with Gasteiger partial charge in [0.1, 0.15) is 0 Å². The first-order chi connectivity index (χ1) is 6.49. The number of esters is 1. The second kappa shape index (κ2) is 3.98. The fourth-order valence-electron chi connectivity index (χ4n) is 1.90. The molecule has 4 heteroatoms. The van der Waals surface area contributed by atoms with Crippen molar-refractivity contribution in [1.29, 1.82) is 0 Å². The fourth-order valence-corrected chi connectivity index (χ4v) is 1.90. The molecule has 1 fully saturated rings. The molecule has 0 amide bonds. The van der Waals surface area contributed by atoms with Crippen LogP contribution < -0.4 is 0 Å². The molecule has 0 spiro atoms. The van der Waals surface area contributed by atoms with Crippen LogP contribution in [-0.4, -0.2) is 23.7 Å². The van der Waals surface area contributed by atoms with Crippen LogP contribution in [-0.2, 0) is 14.3 Å². The molecule has 0 radical (unpaired) electrons. The smallest absolute Gasteiger partial charge is 0.309 e. The Balaban J connectivity index is 2.56. The van der Waals surface area contributed by atoms with Gasteiger partial charge < -0.3 is 9.84 Å². The van der Waals surface area contributed by atoms with E-state index >= 15 is 0 Å². The number of rotatable bonds is 3. The number of carboxylic acid groups (broad SMARTS) is 1. The Morgan fingerprint density at radius 3 is 2.64 bits per heavy atom. The highest BCUT2D eigenvalue weighted by molar-refractivity contribution is 5.78. The molecule has 0 aromatic carbocycles. The maximum absolute atomic E-state index is 11.3. The molecule has 0 heterocycles. The summed E-state index contributed by atoms with van der Waals surface area (Å²) in [4.78, 5) is 22.2. The van der Waals surface area contributed by atoms with Crippen LogP contribution in [0.3, 0.4) is 0 Å². The van der Waals surface area contributed by atoms with Crippen LogP contribution in [0, 0.1) is 11.3 Å². The Hall–Kier alpha value is -1.06. The average molecular weight is 200 g/mol. The maximum atomic E-state index is 11.3. The van der Waals surface area contributed by atoms with Gasteiger partial charge in [0.05, 0.1) is 17.9 Å². The standard InChI is InChI=1S/C10H16O4/c1-3-14-8(11)7-4-5-10(2,6-7)9(12)13/h7H,3-6H2,1-2H3,(H,12,13)/t7-,10+/m0/s1. The Morgan fingerprint density at radius 1 is 1.57 bits per heavy atom. The third-order valence-corrected chi connectivity index (χ3v) is 2.88. The lowest BCUT2D eigenvalue weighted by Gasteiger charge is -2.17. The first-order valence-corrected chi connectivity index (χ1v) is 4.89. The third-order valence-electron chi connectivity index (χ3n) is 2.88. The van der Waals surface area contributed by atoms with Crippen molar-refractivity contribution >= 4 is 11.9 Å². The zero-order valence-corrected chi connectivity index (χ0v) is 8.58. The van der Waals surface area contributed by atoms with Crippen LogP contribution in [0.25, 0.3) is 0 Å². The number of carbonyl (C=O) groups is 2. The molecule has 0 aliphatic heterocycles. The van der Waals surface area contributed by atoms with Crippen molar-refractivity contribution in [3.05, 3.63) is 0 Å². The van der Waals surface area contributed by atoms with E-state index in [1.54, 1.807) is 13.8 Å². The van der Waals surface area contributed by atoms with Crippen LogP contribution >= 0.6 is 0 Å². The van der Waals surface area contributed by atoms with Gasteiger partial charge in [0.2, 0.25) is 0 Å². The molecule has 80 valence electrons. The van der Waals surface area contributed by atoms with E-state index in [-0.39, 0.29) is 11.9 Å². The predicted molar refractivity (Wildman–Crippen MR) is 49.7 cm³/mol. The number of hydrogen-bond acceptors (Lipinski definition) is 3. The first kappa shape index (κ1) is 11.0. The molecule has 1 aliphatic rings. The molecular formula is C10H16O4. The molecule has 2 atom stereocenters. The highest BCUT2D eigenvalue weighted by atomic mass is 16.5. The number of aliphatic carboxylic acids is 1. The van der Waals surface area contributed by atoms with Crippen LogP contribution in [0.4, 0.5) is 0 Å². The summed E-state index contributed by atoms with van der Waals surface area (Å²) in [5, 5.41) is 8.95. The second-order valence-corrected chi connectivity index (χ2v) is 4.06. The lowest BCUT2D eigenvalue weighted by molar-refractivity contribution is -0.150. The van der Waals surface area contributed by atoms with E-state index in [1.807, 2.05) is 0 Å². The molecule has 4 nitrogen and oxygen atoms in total. The molecular weight excluding hydrogens is 184 g/mol. The fraction of sp³-hybridized carbons (Fsp3) is 0.800. The SMILES string of the molecule is CCOC(=O)[C@H]1CC[C@@](C)(C(=O)O)C1. The van der Waals surface area contributed by atoms with Gasteiger partial charge >= 0.3 is 11.9 Å². The lowest BCUT2D eigenvalue weighted by atomic mass is 9.88. The molecule has 1 aliphatic carbocycles. The Morgan fingerprint density at radius 2 is 2.21 bits per heavy atom. The second-order valence-electron chi connectivity index (χ2n) is 4.06. The van der Waals surface area contributed by atoms with Crippen LogP contribution in [0.2, 0.25) is 0 Å². The largest absolute Gasteiger partial charge is 0.481 e. The number of ether oxygens (including phenoxy) is 1. The van der Waals surface area contributed by atoms with E-state index in [9.17, 15) is 9.59 Å². The maximum Gasteiger partial charge on any atom is 0.309 e. The van der Waals surface area contributed by atoms with E-state index in [2.05, 4.69) is 0 Å². The van der Waals surface area contributed by atoms with Crippen molar-refractivity contribution in [2.24, 2.45) is 11.3 Å². The Kier molecular flexibility index (Phi) is 3.13. The minimum atomic E-state index is -0.815. The van der Waals surface area contributed by atoms with E-state index in [0.717, 1.165) is 0 Å². The first-order valence-electron chi connectivity index (χ1n) is 4.89. The van der Waals surface area contributed by atoms with Gasteiger partial charge in [-0.3, -0.25) is 9.59 Å². The third kappa shape index (κ3) is 2.05. The van der Waals surface area contributed by atoms with Gasteiger partial charge in [-0.2, -0.15) is 0 Å². The summed E-state index contributed by atoms with van der Waals surface area (Å²) in [5.41, 5.74) is -0.739. The van der Waals surface area contributed by atoms with Crippen molar-refractivity contribution in [1.82, 2.24) is 0 Å². The van der Waals surface area contributed by atoms with E-state index in [4.69, 9.17) is 9.84 Å². The molecule has 1 saturated carbocycles. The van der Waals surface area contributed by atoms with Crippen LogP contribution in [0.1, 0.15) is 33.1 Å². The predicted octanol–water partition coefficient (Wildman–Crippen LogP) is 1.44. The molecule has 1 N–H and O–H groups in total. The van der Waals surface area contributed by atoms with Crippen molar-refractivity contribution < 1.29 is 19.4 Å². The van der Waals surface area contributed by atoms with Gasteiger partial charge in [0.15, 0.2) is 0 Å². The van der Waals surface area contributed by atoms with E-state index in [0.29, 0.717) is 25.9 Å². The quantitative estimate of drug-likeness (QED) is 0.700. The minimum absolute atomic E-state index is 0.226. The molecule has 0 aromatic rings. The zero-order valence-electron chi connectivity index (χ0n) is 8.58. The summed E-state index contributed by atoms with van der Waals surface area (Å²) >= 11 is 0. The molecule has 0 aromatic heterocycles. The highest BCUT2D eigenvalue weighted by Crippen LogP contribution is 2.42. The molecule has 0 saturated heterocycles. The van der Waals surface area contributed by atoms with Gasteiger partial charge in [-0.25, -0.2) is 0 Å². The summed E-state index contributed by atoms with van der Waals surface area (Å²) < 4.78 is 4.87. The zero-order chi connectivity index (χ0) is 10.8. The number of carboxylic acids is 1. The molecule has 0 bridgehead atoms.